The number of halogens is 1. The van der Waals surface area contributed by atoms with E-state index in [4.69, 9.17) is 0 Å². The fourth-order valence-corrected chi connectivity index (χ4v) is 3.58. The van der Waals surface area contributed by atoms with E-state index in [1.807, 2.05) is 6.07 Å². The molecule has 0 bridgehead atoms. The maximum atomic E-state index is 12.2. The summed E-state index contributed by atoms with van der Waals surface area (Å²) in [6.07, 6.45) is 3.55. The van der Waals surface area contributed by atoms with Crippen molar-refractivity contribution in [3.63, 3.8) is 0 Å². The van der Waals surface area contributed by atoms with Crippen molar-refractivity contribution in [2.45, 2.75) is 25.3 Å². The standard InChI is InChI=1S/C15H18N2O.ClH/c18-15(17-14-12-7-16-8-13(12)14)11-5-4-9-2-1-3-10(9)6-11;/h4-6,12-14,16H,1-3,7-8H2,(H,17,18);1H. The number of amides is 1. The molecule has 2 N–H and O–H groups in total. The molecule has 3 aliphatic rings. The molecule has 1 aromatic carbocycles. The molecule has 2 fully saturated rings. The molecular formula is C15H19ClN2O. The van der Waals surface area contributed by atoms with E-state index in [1.54, 1.807) is 0 Å². The predicted molar refractivity (Wildman–Crippen MR) is 76.8 cm³/mol. The second kappa shape index (κ2) is 4.80. The van der Waals surface area contributed by atoms with Crippen molar-refractivity contribution in [3.05, 3.63) is 34.9 Å². The fraction of sp³-hybridized carbons (Fsp3) is 0.533. The van der Waals surface area contributed by atoms with Crippen molar-refractivity contribution in [2.24, 2.45) is 11.8 Å². The van der Waals surface area contributed by atoms with Gasteiger partial charge in [-0.1, -0.05) is 6.07 Å². The number of carbonyl (C=O) groups excluding carboxylic acids is 1. The van der Waals surface area contributed by atoms with Crippen molar-refractivity contribution in [3.8, 4) is 0 Å². The highest BCUT2D eigenvalue weighted by atomic mass is 35.5. The van der Waals surface area contributed by atoms with Gasteiger partial charge in [-0.05, 0) is 54.4 Å². The van der Waals surface area contributed by atoms with Crippen LogP contribution in [0.25, 0.3) is 0 Å². The summed E-state index contributed by atoms with van der Waals surface area (Å²) in [5.41, 5.74) is 3.65. The molecular weight excluding hydrogens is 260 g/mol. The first-order valence-electron chi connectivity index (χ1n) is 6.96. The van der Waals surface area contributed by atoms with E-state index in [9.17, 15) is 4.79 Å². The second-order valence-electron chi connectivity index (χ2n) is 5.82. The van der Waals surface area contributed by atoms with Gasteiger partial charge < -0.3 is 10.6 Å². The molecule has 1 saturated heterocycles. The van der Waals surface area contributed by atoms with Crippen molar-refractivity contribution in [1.29, 1.82) is 0 Å². The van der Waals surface area contributed by atoms with Crippen LogP contribution in [0.15, 0.2) is 18.2 Å². The highest BCUT2D eigenvalue weighted by molar-refractivity contribution is 5.95. The lowest BCUT2D eigenvalue weighted by Crippen LogP contribution is -2.32. The third-order valence-electron chi connectivity index (χ3n) is 4.75. The smallest absolute Gasteiger partial charge is 0.251 e. The van der Waals surface area contributed by atoms with Gasteiger partial charge in [0.05, 0.1) is 0 Å². The molecule has 3 nitrogen and oxygen atoms in total. The van der Waals surface area contributed by atoms with Crippen LogP contribution >= 0.6 is 12.4 Å². The third kappa shape index (κ3) is 2.15. The quantitative estimate of drug-likeness (QED) is 0.862. The number of carbonyl (C=O) groups is 1. The molecule has 0 aromatic heterocycles. The van der Waals surface area contributed by atoms with Gasteiger partial charge in [0, 0.05) is 24.7 Å². The number of piperidine rings is 1. The number of aryl methyl sites for hydroxylation is 2. The zero-order chi connectivity index (χ0) is 12.1. The van der Waals surface area contributed by atoms with Crippen LogP contribution in [0.5, 0.6) is 0 Å². The Hall–Kier alpha value is -1.06. The van der Waals surface area contributed by atoms with Crippen LogP contribution in [0.4, 0.5) is 0 Å². The molecule has 4 rings (SSSR count). The normalized spacial score (nSPS) is 30.2. The molecule has 2 atom stereocenters. The average molecular weight is 279 g/mol. The number of nitrogens with one attached hydrogen (secondary N) is 2. The van der Waals surface area contributed by atoms with Crippen molar-refractivity contribution in [1.82, 2.24) is 10.6 Å². The summed E-state index contributed by atoms with van der Waals surface area (Å²) in [5, 5.41) is 6.53. The minimum atomic E-state index is 0. The Kier molecular flexibility index (Phi) is 3.27. The van der Waals surface area contributed by atoms with Gasteiger partial charge in [-0.25, -0.2) is 0 Å². The van der Waals surface area contributed by atoms with Crippen LogP contribution in [0, 0.1) is 11.8 Å². The summed E-state index contributed by atoms with van der Waals surface area (Å²) in [5.74, 6) is 1.48. The highest BCUT2D eigenvalue weighted by Crippen LogP contribution is 2.41. The molecule has 2 unspecified atom stereocenters. The first-order chi connectivity index (χ1) is 8.83. The van der Waals surface area contributed by atoms with Crippen molar-refractivity contribution < 1.29 is 4.79 Å². The molecule has 2 aliphatic carbocycles. The largest absolute Gasteiger partial charge is 0.349 e. The average Bonchev–Trinajstić information content (AvgIpc) is 2.82. The summed E-state index contributed by atoms with van der Waals surface area (Å²) in [6, 6.07) is 6.63. The van der Waals surface area contributed by atoms with Gasteiger partial charge in [-0.15, -0.1) is 12.4 Å². The van der Waals surface area contributed by atoms with Gasteiger partial charge in [0.1, 0.15) is 0 Å². The number of benzene rings is 1. The number of hydrogen-bond donors (Lipinski definition) is 2. The molecule has 0 spiro atoms. The summed E-state index contributed by atoms with van der Waals surface area (Å²) in [4.78, 5) is 12.2. The van der Waals surface area contributed by atoms with Crippen LogP contribution in [0.3, 0.4) is 0 Å². The highest BCUT2D eigenvalue weighted by Gasteiger charge is 2.53. The Morgan fingerprint density at radius 1 is 1.16 bits per heavy atom. The second-order valence-corrected chi connectivity index (χ2v) is 5.82. The van der Waals surface area contributed by atoms with E-state index >= 15 is 0 Å². The molecule has 19 heavy (non-hydrogen) atoms. The molecule has 1 saturated carbocycles. The van der Waals surface area contributed by atoms with E-state index in [-0.39, 0.29) is 18.3 Å². The van der Waals surface area contributed by atoms with Crippen molar-refractivity contribution >= 4 is 18.3 Å². The Morgan fingerprint density at radius 3 is 2.68 bits per heavy atom. The van der Waals surface area contributed by atoms with E-state index in [2.05, 4.69) is 22.8 Å². The lowest BCUT2D eigenvalue weighted by Gasteiger charge is -2.09. The maximum absolute atomic E-state index is 12.2. The third-order valence-corrected chi connectivity index (χ3v) is 4.75. The van der Waals surface area contributed by atoms with Gasteiger partial charge in [0.15, 0.2) is 0 Å². The van der Waals surface area contributed by atoms with Crippen LogP contribution in [0.1, 0.15) is 27.9 Å². The molecule has 102 valence electrons. The Balaban J connectivity index is 0.00000110. The van der Waals surface area contributed by atoms with Crippen LogP contribution < -0.4 is 10.6 Å². The summed E-state index contributed by atoms with van der Waals surface area (Å²) < 4.78 is 0. The molecule has 4 heteroatoms. The Labute approximate surface area is 119 Å². The van der Waals surface area contributed by atoms with Gasteiger partial charge in [0.25, 0.3) is 5.91 Å². The molecule has 0 radical (unpaired) electrons. The maximum Gasteiger partial charge on any atom is 0.251 e. The van der Waals surface area contributed by atoms with E-state index in [0.717, 1.165) is 25.1 Å². The van der Waals surface area contributed by atoms with Gasteiger partial charge in [-0.2, -0.15) is 0 Å². The van der Waals surface area contributed by atoms with Crippen LogP contribution in [-0.4, -0.2) is 25.0 Å². The number of fused-ring (bicyclic) bond motifs is 2. The minimum Gasteiger partial charge on any atom is -0.349 e. The lowest BCUT2D eigenvalue weighted by molar-refractivity contribution is 0.0946. The lowest BCUT2D eigenvalue weighted by atomic mass is 10.1. The summed E-state index contributed by atoms with van der Waals surface area (Å²) in [6.45, 7) is 2.14. The van der Waals surface area contributed by atoms with Gasteiger partial charge in [-0.3, -0.25) is 4.79 Å². The van der Waals surface area contributed by atoms with Gasteiger partial charge >= 0.3 is 0 Å². The first-order valence-corrected chi connectivity index (χ1v) is 6.96. The zero-order valence-corrected chi connectivity index (χ0v) is 11.6. The molecule has 1 amide bonds. The molecule has 1 aromatic rings. The predicted octanol–water partition coefficient (Wildman–Crippen LogP) is 1.54. The molecule has 1 aliphatic heterocycles. The van der Waals surface area contributed by atoms with E-state index < -0.39 is 0 Å². The van der Waals surface area contributed by atoms with Crippen molar-refractivity contribution in [2.75, 3.05) is 13.1 Å². The number of hydrogen-bond acceptors (Lipinski definition) is 2. The minimum absolute atomic E-state index is 0. The van der Waals surface area contributed by atoms with E-state index in [0.29, 0.717) is 17.9 Å². The van der Waals surface area contributed by atoms with Crippen LogP contribution in [0.2, 0.25) is 0 Å². The Bertz CT molecular complexity index is 507. The summed E-state index contributed by atoms with van der Waals surface area (Å²) in [7, 11) is 0. The molecule has 1 heterocycles. The van der Waals surface area contributed by atoms with Crippen LogP contribution in [-0.2, 0) is 12.8 Å². The first kappa shape index (κ1) is 12.9. The SMILES string of the molecule is Cl.O=C(NC1C2CNCC21)c1ccc2c(c1)CCC2. The van der Waals surface area contributed by atoms with Gasteiger partial charge in [0.2, 0.25) is 0 Å². The number of rotatable bonds is 2. The monoisotopic (exact) mass is 278 g/mol. The summed E-state index contributed by atoms with van der Waals surface area (Å²) >= 11 is 0. The Morgan fingerprint density at radius 2 is 1.89 bits per heavy atom. The van der Waals surface area contributed by atoms with E-state index in [1.165, 1.54) is 24.0 Å². The topological polar surface area (TPSA) is 41.1 Å². The zero-order valence-electron chi connectivity index (χ0n) is 10.8. The fourth-order valence-electron chi connectivity index (χ4n) is 3.58.